The zero-order valence-electron chi connectivity index (χ0n) is 15.0. The van der Waals surface area contributed by atoms with E-state index in [2.05, 4.69) is 10.6 Å². The highest BCUT2D eigenvalue weighted by Crippen LogP contribution is 2.32. The molecule has 0 bridgehead atoms. The minimum atomic E-state index is -0.451. The number of amides is 2. The van der Waals surface area contributed by atoms with Crippen molar-refractivity contribution in [1.82, 2.24) is 10.6 Å². The fourth-order valence-corrected chi connectivity index (χ4v) is 3.36. The minimum absolute atomic E-state index is 0.00759. The van der Waals surface area contributed by atoms with E-state index in [-0.39, 0.29) is 24.3 Å². The molecule has 2 amide bonds. The second-order valence-corrected chi connectivity index (χ2v) is 7.28. The molecule has 2 aromatic rings. The Hall–Kier alpha value is -2.37. The van der Waals surface area contributed by atoms with Gasteiger partial charge in [-0.15, -0.1) is 0 Å². The molecule has 0 radical (unpaired) electrons. The molecule has 1 aliphatic carbocycles. The first-order chi connectivity index (χ1) is 13.1. The third-order valence-corrected chi connectivity index (χ3v) is 5.14. The summed E-state index contributed by atoms with van der Waals surface area (Å²) in [6.07, 6.45) is 2.35. The average molecular weight is 386 g/mol. The first-order valence-electron chi connectivity index (χ1n) is 9.18. The van der Waals surface area contributed by atoms with E-state index in [0.717, 1.165) is 18.4 Å². The number of nitrogens with two attached hydrogens (primary N) is 1. The van der Waals surface area contributed by atoms with Gasteiger partial charge in [-0.25, -0.2) is 0 Å². The molecule has 2 atom stereocenters. The summed E-state index contributed by atoms with van der Waals surface area (Å²) in [5.41, 5.74) is 7.03. The third-order valence-electron chi connectivity index (χ3n) is 4.81. The quantitative estimate of drug-likeness (QED) is 0.653. The fourth-order valence-electron chi connectivity index (χ4n) is 3.14. The number of carbonyl (C=O) groups excluding carboxylic acids is 2. The van der Waals surface area contributed by atoms with E-state index in [4.69, 9.17) is 17.3 Å². The SMILES string of the molecule is NCC(NC(=O)CC(NC(=O)c1ccccc1Cl)c1ccccc1)C1CC1. The molecule has 142 valence electrons. The van der Waals surface area contributed by atoms with E-state index in [1.54, 1.807) is 24.3 Å². The number of benzene rings is 2. The van der Waals surface area contributed by atoms with Gasteiger partial charge in [0.05, 0.1) is 23.0 Å². The lowest BCUT2D eigenvalue weighted by Crippen LogP contribution is -2.43. The summed E-state index contributed by atoms with van der Waals surface area (Å²) in [6, 6.07) is 15.9. The summed E-state index contributed by atoms with van der Waals surface area (Å²) in [5.74, 6) is 0.0531. The predicted molar refractivity (Wildman–Crippen MR) is 106 cm³/mol. The van der Waals surface area contributed by atoms with E-state index in [1.165, 1.54) is 0 Å². The van der Waals surface area contributed by atoms with Gasteiger partial charge in [0.15, 0.2) is 0 Å². The maximum atomic E-state index is 12.7. The van der Waals surface area contributed by atoms with Crippen LogP contribution in [0, 0.1) is 5.92 Å². The smallest absolute Gasteiger partial charge is 0.253 e. The minimum Gasteiger partial charge on any atom is -0.352 e. The topological polar surface area (TPSA) is 84.2 Å². The molecule has 27 heavy (non-hydrogen) atoms. The van der Waals surface area contributed by atoms with Crippen molar-refractivity contribution in [2.45, 2.75) is 31.3 Å². The number of hydrogen-bond acceptors (Lipinski definition) is 3. The van der Waals surface area contributed by atoms with Crippen molar-refractivity contribution in [2.24, 2.45) is 11.7 Å². The highest BCUT2D eigenvalue weighted by molar-refractivity contribution is 6.33. The zero-order chi connectivity index (χ0) is 19.2. The van der Waals surface area contributed by atoms with Crippen molar-refractivity contribution in [1.29, 1.82) is 0 Å². The van der Waals surface area contributed by atoms with Gasteiger partial charge in [0, 0.05) is 12.6 Å². The lowest BCUT2D eigenvalue weighted by atomic mass is 10.0. The first-order valence-corrected chi connectivity index (χ1v) is 9.56. The van der Waals surface area contributed by atoms with E-state index in [9.17, 15) is 9.59 Å². The number of rotatable bonds is 8. The first kappa shape index (κ1) is 19.4. The van der Waals surface area contributed by atoms with Crippen LogP contribution in [0.5, 0.6) is 0 Å². The number of carbonyl (C=O) groups is 2. The lowest BCUT2D eigenvalue weighted by Gasteiger charge is -2.22. The summed E-state index contributed by atoms with van der Waals surface area (Å²) >= 11 is 6.13. The number of halogens is 1. The molecule has 0 spiro atoms. The van der Waals surface area contributed by atoms with E-state index in [0.29, 0.717) is 23.0 Å². The van der Waals surface area contributed by atoms with Crippen LogP contribution < -0.4 is 16.4 Å². The molecule has 0 heterocycles. The largest absolute Gasteiger partial charge is 0.352 e. The van der Waals surface area contributed by atoms with Crippen molar-refractivity contribution in [2.75, 3.05) is 6.54 Å². The van der Waals surface area contributed by atoms with Crippen LogP contribution in [0.1, 0.15) is 41.2 Å². The normalized spacial score (nSPS) is 15.6. The molecule has 6 heteroatoms. The molecular formula is C21H24ClN3O2. The Bertz CT molecular complexity index is 793. The summed E-state index contributed by atoms with van der Waals surface area (Å²) in [5, 5.41) is 6.33. The molecule has 0 saturated heterocycles. The van der Waals surface area contributed by atoms with Crippen LogP contribution in [-0.4, -0.2) is 24.4 Å². The Balaban J connectivity index is 1.72. The summed E-state index contributed by atoms with van der Waals surface area (Å²) < 4.78 is 0. The van der Waals surface area contributed by atoms with Crippen molar-refractivity contribution >= 4 is 23.4 Å². The molecular weight excluding hydrogens is 362 g/mol. The summed E-state index contributed by atoms with van der Waals surface area (Å²) in [4.78, 5) is 25.2. The molecule has 0 aliphatic heterocycles. The molecule has 4 N–H and O–H groups in total. The summed E-state index contributed by atoms with van der Waals surface area (Å²) in [7, 11) is 0. The predicted octanol–water partition coefficient (Wildman–Crippen LogP) is 3.05. The van der Waals surface area contributed by atoms with Crippen molar-refractivity contribution in [3.8, 4) is 0 Å². The Kier molecular flexibility index (Phi) is 6.48. The lowest BCUT2D eigenvalue weighted by molar-refractivity contribution is -0.122. The van der Waals surface area contributed by atoms with Crippen LogP contribution in [0.25, 0.3) is 0 Å². The van der Waals surface area contributed by atoms with Crippen LogP contribution in [-0.2, 0) is 4.79 Å². The Morgan fingerprint density at radius 3 is 2.33 bits per heavy atom. The van der Waals surface area contributed by atoms with Gasteiger partial charge in [-0.1, -0.05) is 54.1 Å². The van der Waals surface area contributed by atoms with Gasteiger partial charge in [0.25, 0.3) is 5.91 Å². The van der Waals surface area contributed by atoms with Crippen molar-refractivity contribution in [3.63, 3.8) is 0 Å². The second kappa shape index (κ2) is 9.02. The van der Waals surface area contributed by atoms with Gasteiger partial charge in [0.1, 0.15) is 0 Å². The van der Waals surface area contributed by atoms with E-state index < -0.39 is 6.04 Å². The molecule has 1 fully saturated rings. The van der Waals surface area contributed by atoms with Crippen LogP contribution >= 0.6 is 11.6 Å². The van der Waals surface area contributed by atoms with Gasteiger partial charge >= 0.3 is 0 Å². The Morgan fingerprint density at radius 2 is 1.70 bits per heavy atom. The Morgan fingerprint density at radius 1 is 1.04 bits per heavy atom. The summed E-state index contributed by atoms with van der Waals surface area (Å²) in [6.45, 7) is 0.429. The zero-order valence-corrected chi connectivity index (χ0v) is 15.8. The monoisotopic (exact) mass is 385 g/mol. The number of hydrogen-bond donors (Lipinski definition) is 3. The van der Waals surface area contributed by atoms with Gasteiger partial charge in [0.2, 0.25) is 5.91 Å². The number of nitrogens with one attached hydrogen (secondary N) is 2. The third kappa shape index (κ3) is 5.31. The average Bonchev–Trinajstić information content (AvgIpc) is 3.51. The van der Waals surface area contributed by atoms with Crippen LogP contribution in [0.2, 0.25) is 5.02 Å². The highest BCUT2D eigenvalue weighted by atomic mass is 35.5. The Labute approximate surface area is 164 Å². The molecule has 1 aliphatic rings. The second-order valence-electron chi connectivity index (χ2n) is 6.87. The highest BCUT2D eigenvalue weighted by Gasteiger charge is 2.31. The maximum absolute atomic E-state index is 12.7. The van der Waals surface area contributed by atoms with Crippen LogP contribution in [0.15, 0.2) is 54.6 Å². The molecule has 3 rings (SSSR count). The molecule has 2 unspecified atom stereocenters. The van der Waals surface area contributed by atoms with Gasteiger partial charge in [-0.2, -0.15) is 0 Å². The molecule has 5 nitrogen and oxygen atoms in total. The van der Waals surface area contributed by atoms with Gasteiger partial charge in [-0.05, 0) is 36.5 Å². The van der Waals surface area contributed by atoms with E-state index in [1.807, 2.05) is 30.3 Å². The van der Waals surface area contributed by atoms with Crippen molar-refractivity contribution < 1.29 is 9.59 Å². The van der Waals surface area contributed by atoms with Crippen LogP contribution in [0.3, 0.4) is 0 Å². The van der Waals surface area contributed by atoms with Gasteiger partial charge in [-0.3, -0.25) is 9.59 Å². The van der Waals surface area contributed by atoms with E-state index >= 15 is 0 Å². The molecule has 1 saturated carbocycles. The van der Waals surface area contributed by atoms with Crippen LogP contribution in [0.4, 0.5) is 0 Å². The maximum Gasteiger partial charge on any atom is 0.253 e. The van der Waals surface area contributed by atoms with Crippen molar-refractivity contribution in [3.05, 3.63) is 70.7 Å². The molecule has 2 aromatic carbocycles. The molecule has 0 aromatic heterocycles. The van der Waals surface area contributed by atoms with Gasteiger partial charge < -0.3 is 16.4 Å². The fraction of sp³-hybridized carbons (Fsp3) is 0.333. The standard InChI is InChI=1S/C21H24ClN3O2/c22-17-9-5-4-8-16(17)21(27)25-18(14-6-2-1-3-7-14)12-20(26)24-19(13-23)15-10-11-15/h1-9,15,18-19H,10-13,23H2,(H,24,26)(H,25,27).